The van der Waals surface area contributed by atoms with E-state index in [2.05, 4.69) is 32.7 Å². The number of hydrogen-bond donors (Lipinski definition) is 3. The number of fused-ring (bicyclic) bond motifs is 3. The van der Waals surface area contributed by atoms with Gasteiger partial charge in [0.1, 0.15) is 0 Å². The first kappa shape index (κ1) is 21.5. The number of nitrogens with zero attached hydrogens (tertiary/aromatic N) is 2. The Bertz CT molecular complexity index is 1130. The van der Waals surface area contributed by atoms with Crippen LogP contribution in [0.2, 0.25) is 0 Å². The average Bonchev–Trinajstić information content (AvgIpc) is 3.22. The number of carbonyl (C=O) groups is 2. The summed E-state index contributed by atoms with van der Waals surface area (Å²) in [7, 11) is 0. The third kappa shape index (κ3) is 5.02. The van der Waals surface area contributed by atoms with Crippen LogP contribution in [0.1, 0.15) is 16.8 Å². The van der Waals surface area contributed by atoms with E-state index in [0.29, 0.717) is 13.1 Å². The lowest BCUT2D eigenvalue weighted by molar-refractivity contribution is -0.115. The van der Waals surface area contributed by atoms with Gasteiger partial charge in [-0.1, -0.05) is 30.3 Å². The topological polar surface area (TPSA) is 89.7 Å². The summed E-state index contributed by atoms with van der Waals surface area (Å²) < 4.78 is 5.38. The van der Waals surface area contributed by atoms with Crippen molar-refractivity contribution in [1.29, 1.82) is 0 Å². The minimum Gasteiger partial charge on any atom is -0.379 e. The molecular formula is C25H29N5O3. The van der Waals surface area contributed by atoms with Gasteiger partial charge in [0.2, 0.25) is 5.91 Å². The van der Waals surface area contributed by atoms with Gasteiger partial charge in [-0.15, -0.1) is 0 Å². The second-order valence-corrected chi connectivity index (χ2v) is 8.59. The molecule has 2 aromatic carbocycles. The largest absolute Gasteiger partial charge is 0.379 e. The van der Waals surface area contributed by atoms with Gasteiger partial charge in [-0.2, -0.15) is 0 Å². The van der Waals surface area contributed by atoms with E-state index in [0.717, 1.165) is 56.2 Å². The predicted molar refractivity (Wildman–Crippen MR) is 127 cm³/mol. The van der Waals surface area contributed by atoms with Crippen molar-refractivity contribution in [2.75, 3.05) is 44.7 Å². The SMILES string of the molecule is O=C(CNC(=O)N1CCc2c([nH]c3ccccc23)C1)Nc1ccc(CN2CCOCC2)cc1. The van der Waals surface area contributed by atoms with Crippen LogP contribution in [0.3, 0.4) is 0 Å². The maximum Gasteiger partial charge on any atom is 0.318 e. The number of hydrogen-bond acceptors (Lipinski definition) is 4. The Labute approximate surface area is 192 Å². The third-order valence-corrected chi connectivity index (χ3v) is 6.32. The van der Waals surface area contributed by atoms with Gasteiger partial charge in [0, 0.05) is 48.5 Å². The molecule has 0 unspecified atom stereocenters. The van der Waals surface area contributed by atoms with Gasteiger partial charge in [0.15, 0.2) is 0 Å². The second kappa shape index (κ2) is 9.64. The fraction of sp³-hybridized carbons (Fsp3) is 0.360. The zero-order valence-corrected chi connectivity index (χ0v) is 18.6. The normalized spacial score (nSPS) is 16.4. The predicted octanol–water partition coefficient (Wildman–Crippen LogP) is 2.71. The van der Waals surface area contributed by atoms with Crippen molar-refractivity contribution in [2.45, 2.75) is 19.5 Å². The Kier molecular flexibility index (Phi) is 6.28. The highest BCUT2D eigenvalue weighted by molar-refractivity contribution is 5.94. The zero-order chi connectivity index (χ0) is 22.6. The van der Waals surface area contributed by atoms with Crippen LogP contribution in [0.15, 0.2) is 48.5 Å². The lowest BCUT2D eigenvalue weighted by Crippen LogP contribution is -2.45. The van der Waals surface area contributed by atoms with Crippen molar-refractivity contribution in [2.24, 2.45) is 0 Å². The fourth-order valence-electron chi connectivity index (χ4n) is 4.55. The number of rotatable bonds is 5. The molecule has 1 aromatic heterocycles. The molecule has 2 aliphatic heterocycles. The quantitative estimate of drug-likeness (QED) is 0.561. The molecule has 0 saturated carbocycles. The maximum absolute atomic E-state index is 12.6. The summed E-state index contributed by atoms with van der Waals surface area (Å²) in [4.78, 5) is 32.5. The summed E-state index contributed by atoms with van der Waals surface area (Å²) in [6.07, 6.45) is 0.801. The van der Waals surface area contributed by atoms with Gasteiger partial charge in [0.25, 0.3) is 0 Å². The Hall–Kier alpha value is -3.36. The molecule has 1 saturated heterocycles. The Balaban J connectivity index is 1.09. The number of aromatic nitrogens is 1. The van der Waals surface area contributed by atoms with Crippen molar-refractivity contribution in [1.82, 2.24) is 20.1 Å². The van der Waals surface area contributed by atoms with E-state index in [1.54, 1.807) is 4.90 Å². The van der Waals surface area contributed by atoms with Crippen molar-refractivity contribution in [3.63, 3.8) is 0 Å². The summed E-state index contributed by atoms with van der Waals surface area (Å²) in [6, 6.07) is 15.8. The minimum atomic E-state index is -0.243. The number of morpholine rings is 1. The molecule has 3 heterocycles. The monoisotopic (exact) mass is 447 g/mol. The van der Waals surface area contributed by atoms with Crippen LogP contribution in [0.5, 0.6) is 0 Å². The Morgan fingerprint density at radius 3 is 2.61 bits per heavy atom. The summed E-state index contributed by atoms with van der Waals surface area (Å²) in [6.45, 7) is 5.40. The van der Waals surface area contributed by atoms with E-state index in [4.69, 9.17) is 4.74 Å². The zero-order valence-electron chi connectivity index (χ0n) is 18.6. The first-order valence-corrected chi connectivity index (χ1v) is 11.5. The molecule has 3 amide bonds. The molecular weight excluding hydrogens is 418 g/mol. The summed E-state index contributed by atoms with van der Waals surface area (Å²) in [5.41, 5.74) is 5.37. The van der Waals surface area contributed by atoms with Gasteiger partial charge in [-0.3, -0.25) is 9.69 Å². The van der Waals surface area contributed by atoms with Crippen molar-refractivity contribution < 1.29 is 14.3 Å². The summed E-state index contributed by atoms with van der Waals surface area (Å²) >= 11 is 0. The summed E-state index contributed by atoms with van der Waals surface area (Å²) in [5.74, 6) is -0.243. The van der Waals surface area contributed by atoms with Crippen molar-refractivity contribution >= 4 is 28.5 Å². The van der Waals surface area contributed by atoms with E-state index in [1.165, 1.54) is 16.5 Å². The first-order valence-electron chi connectivity index (χ1n) is 11.5. The fourth-order valence-corrected chi connectivity index (χ4v) is 4.55. The van der Waals surface area contributed by atoms with Gasteiger partial charge in [-0.05, 0) is 35.7 Å². The van der Waals surface area contributed by atoms with Gasteiger partial charge in [-0.25, -0.2) is 4.79 Å². The highest BCUT2D eigenvalue weighted by Crippen LogP contribution is 2.27. The van der Waals surface area contributed by atoms with Crippen LogP contribution in [0.25, 0.3) is 10.9 Å². The number of ether oxygens (including phenoxy) is 1. The molecule has 8 nitrogen and oxygen atoms in total. The van der Waals surface area contributed by atoms with Crippen LogP contribution >= 0.6 is 0 Å². The number of urea groups is 1. The molecule has 8 heteroatoms. The molecule has 33 heavy (non-hydrogen) atoms. The van der Waals surface area contributed by atoms with Crippen LogP contribution in [0.4, 0.5) is 10.5 Å². The highest BCUT2D eigenvalue weighted by atomic mass is 16.5. The molecule has 5 rings (SSSR count). The van der Waals surface area contributed by atoms with Crippen molar-refractivity contribution in [3.8, 4) is 0 Å². The molecule has 2 aliphatic rings. The Morgan fingerprint density at radius 1 is 1.00 bits per heavy atom. The van der Waals surface area contributed by atoms with E-state index in [-0.39, 0.29) is 18.5 Å². The smallest absolute Gasteiger partial charge is 0.318 e. The van der Waals surface area contributed by atoms with E-state index >= 15 is 0 Å². The number of carbonyl (C=O) groups excluding carboxylic acids is 2. The van der Waals surface area contributed by atoms with Gasteiger partial charge in [0.05, 0.1) is 26.3 Å². The molecule has 0 aliphatic carbocycles. The van der Waals surface area contributed by atoms with Gasteiger partial charge < -0.3 is 25.3 Å². The third-order valence-electron chi connectivity index (χ3n) is 6.32. The molecule has 0 bridgehead atoms. The maximum atomic E-state index is 12.6. The van der Waals surface area contributed by atoms with E-state index in [1.807, 2.05) is 36.4 Å². The summed E-state index contributed by atoms with van der Waals surface area (Å²) in [5, 5.41) is 6.82. The molecule has 172 valence electrons. The number of nitrogens with one attached hydrogen (secondary N) is 3. The number of benzene rings is 2. The number of para-hydroxylation sites is 1. The number of anilines is 1. The number of H-pyrrole nitrogens is 1. The Morgan fingerprint density at radius 2 is 1.79 bits per heavy atom. The molecule has 3 aromatic rings. The van der Waals surface area contributed by atoms with Gasteiger partial charge >= 0.3 is 6.03 Å². The lowest BCUT2D eigenvalue weighted by atomic mass is 10.0. The number of aromatic amines is 1. The standard InChI is InChI=1S/C25H29N5O3/c31-24(27-19-7-5-18(6-8-19)16-29-11-13-33-14-12-29)15-26-25(32)30-10-9-21-20-3-1-2-4-22(20)28-23(21)17-30/h1-8,28H,9-17H2,(H,26,32)(H,27,31). The molecule has 0 spiro atoms. The first-order chi connectivity index (χ1) is 16.2. The number of amides is 3. The van der Waals surface area contributed by atoms with Crippen molar-refractivity contribution in [3.05, 3.63) is 65.4 Å². The van der Waals surface area contributed by atoms with Crippen LogP contribution in [-0.4, -0.2) is 66.1 Å². The minimum absolute atomic E-state index is 0.0651. The second-order valence-electron chi connectivity index (χ2n) is 8.59. The van der Waals surface area contributed by atoms with Crippen LogP contribution in [-0.2, 0) is 29.0 Å². The molecule has 0 radical (unpaired) electrons. The van der Waals surface area contributed by atoms with E-state index in [9.17, 15) is 9.59 Å². The van der Waals surface area contributed by atoms with Crippen LogP contribution in [0, 0.1) is 0 Å². The molecule has 3 N–H and O–H groups in total. The highest BCUT2D eigenvalue weighted by Gasteiger charge is 2.24. The average molecular weight is 448 g/mol. The van der Waals surface area contributed by atoms with E-state index < -0.39 is 0 Å². The molecule has 0 atom stereocenters. The molecule has 1 fully saturated rings. The lowest BCUT2D eigenvalue weighted by Gasteiger charge is -2.27. The van der Waals surface area contributed by atoms with Crippen LogP contribution < -0.4 is 10.6 Å².